The van der Waals surface area contributed by atoms with Crippen molar-refractivity contribution in [3.8, 4) is 5.75 Å². The summed E-state index contributed by atoms with van der Waals surface area (Å²) >= 11 is 3.41. The molecule has 5 nitrogen and oxygen atoms in total. The third-order valence-electron chi connectivity index (χ3n) is 3.81. The number of likely N-dealkylation sites (tertiary alicyclic amines) is 1. The molecular weight excluding hydrogens is 350 g/mol. The third kappa shape index (κ3) is 3.80. The molecule has 2 atom stereocenters. The van der Waals surface area contributed by atoms with E-state index in [1.165, 1.54) is 4.90 Å². The predicted molar refractivity (Wildman–Crippen MR) is 86.0 cm³/mol. The fourth-order valence-corrected chi connectivity index (χ4v) is 3.21. The van der Waals surface area contributed by atoms with Gasteiger partial charge in [-0.3, -0.25) is 4.79 Å². The van der Waals surface area contributed by atoms with E-state index in [0.29, 0.717) is 18.7 Å². The molecule has 0 saturated carbocycles. The van der Waals surface area contributed by atoms with Crippen LogP contribution >= 0.6 is 15.9 Å². The number of amides is 1. The highest BCUT2D eigenvalue weighted by Crippen LogP contribution is 2.27. The molecule has 1 fully saturated rings. The number of halogens is 1. The quantitative estimate of drug-likeness (QED) is 0.885. The van der Waals surface area contributed by atoms with Gasteiger partial charge >= 0.3 is 5.97 Å². The molecule has 0 spiro atoms. The van der Waals surface area contributed by atoms with Gasteiger partial charge in [-0.25, -0.2) is 4.79 Å². The summed E-state index contributed by atoms with van der Waals surface area (Å²) in [6, 6.07) is 4.87. The average Bonchev–Trinajstić information content (AvgIpc) is 2.49. The van der Waals surface area contributed by atoms with Gasteiger partial charge in [0.1, 0.15) is 11.8 Å². The predicted octanol–water partition coefficient (Wildman–Crippen LogP) is 2.99. The van der Waals surface area contributed by atoms with Gasteiger partial charge in [-0.2, -0.15) is 0 Å². The second kappa shape index (κ2) is 7.13. The lowest BCUT2D eigenvalue weighted by molar-refractivity contribution is -0.155. The number of carboxylic acid groups (broad SMARTS) is 1. The zero-order chi connectivity index (χ0) is 16.3. The minimum absolute atomic E-state index is 0.278. The molecule has 1 heterocycles. The molecule has 22 heavy (non-hydrogen) atoms. The molecule has 0 aliphatic carbocycles. The Labute approximate surface area is 138 Å². The van der Waals surface area contributed by atoms with Crippen LogP contribution in [0.3, 0.4) is 0 Å². The fraction of sp³-hybridized carbons (Fsp3) is 0.500. The van der Waals surface area contributed by atoms with Crippen molar-refractivity contribution in [1.82, 2.24) is 4.90 Å². The van der Waals surface area contributed by atoms with Crippen molar-refractivity contribution in [2.75, 3.05) is 6.54 Å². The minimum Gasteiger partial charge on any atom is -0.480 e. The second-order valence-corrected chi connectivity index (χ2v) is 6.43. The van der Waals surface area contributed by atoms with E-state index < -0.39 is 18.1 Å². The summed E-state index contributed by atoms with van der Waals surface area (Å²) in [7, 11) is 0. The minimum atomic E-state index is -0.947. The van der Waals surface area contributed by atoms with Crippen LogP contribution in [0.2, 0.25) is 0 Å². The molecule has 1 unspecified atom stereocenters. The zero-order valence-electron chi connectivity index (χ0n) is 12.7. The molecule has 1 amide bonds. The number of nitrogens with zero attached hydrogens (tertiary/aromatic N) is 1. The Hall–Kier alpha value is -1.56. The summed E-state index contributed by atoms with van der Waals surface area (Å²) < 4.78 is 6.49. The van der Waals surface area contributed by atoms with Crippen LogP contribution in [0, 0.1) is 6.92 Å². The summed E-state index contributed by atoms with van der Waals surface area (Å²) in [4.78, 5) is 25.2. The highest BCUT2D eigenvalue weighted by molar-refractivity contribution is 9.10. The number of carbonyl (C=O) groups is 2. The van der Waals surface area contributed by atoms with Crippen molar-refractivity contribution >= 4 is 27.8 Å². The molecular formula is C16H20BrNO4. The van der Waals surface area contributed by atoms with Gasteiger partial charge in [0.2, 0.25) is 0 Å². The van der Waals surface area contributed by atoms with Crippen LogP contribution in [0.4, 0.5) is 0 Å². The topological polar surface area (TPSA) is 66.8 Å². The summed E-state index contributed by atoms with van der Waals surface area (Å²) in [5, 5.41) is 9.26. The smallest absolute Gasteiger partial charge is 0.326 e. The van der Waals surface area contributed by atoms with Gasteiger partial charge in [-0.15, -0.1) is 0 Å². The first-order valence-corrected chi connectivity index (χ1v) is 8.15. The Morgan fingerprint density at radius 3 is 2.77 bits per heavy atom. The largest absolute Gasteiger partial charge is 0.480 e. The van der Waals surface area contributed by atoms with Crippen molar-refractivity contribution in [3.63, 3.8) is 0 Å². The number of ether oxygens (including phenoxy) is 1. The Morgan fingerprint density at radius 1 is 1.41 bits per heavy atom. The van der Waals surface area contributed by atoms with Crippen LogP contribution in [0.15, 0.2) is 22.7 Å². The van der Waals surface area contributed by atoms with Crippen LogP contribution in [-0.2, 0) is 9.59 Å². The summed E-state index contributed by atoms with van der Waals surface area (Å²) in [5.74, 6) is -0.647. The lowest BCUT2D eigenvalue weighted by atomic mass is 10.0. The van der Waals surface area contributed by atoms with Crippen LogP contribution in [-0.4, -0.2) is 40.6 Å². The molecule has 120 valence electrons. The number of carboxylic acids is 1. The Morgan fingerprint density at radius 2 is 2.14 bits per heavy atom. The van der Waals surface area contributed by atoms with Crippen LogP contribution in [0.5, 0.6) is 5.75 Å². The maximum Gasteiger partial charge on any atom is 0.326 e. The summed E-state index contributed by atoms with van der Waals surface area (Å²) in [5.41, 5.74) is 1.08. The molecule has 0 radical (unpaired) electrons. The lowest BCUT2D eigenvalue weighted by Crippen LogP contribution is -2.52. The maximum atomic E-state index is 12.5. The highest BCUT2D eigenvalue weighted by Gasteiger charge is 2.34. The molecule has 1 aromatic carbocycles. The maximum absolute atomic E-state index is 12.5. The first-order valence-electron chi connectivity index (χ1n) is 7.36. The van der Waals surface area contributed by atoms with Crippen LogP contribution < -0.4 is 4.74 Å². The number of aryl methyl sites for hydroxylation is 1. The number of aliphatic carboxylic acids is 1. The van der Waals surface area contributed by atoms with Crippen molar-refractivity contribution in [2.45, 2.75) is 45.3 Å². The number of rotatable bonds is 4. The van der Waals surface area contributed by atoms with E-state index in [0.717, 1.165) is 22.9 Å². The van der Waals surface area contributed by atoms with Crippen molar-refractivity contribution in [2.24, 2.45) is 0 Å². The summed E-state index contributed by atoms with van der Waals surface area (Å²) in [6.45, 7) is 4.09. The van der Waals surface area contributed by atoms with Crippen molar-refractivity contribution < 1.29 is 19.4 Å². The number of hydrogen-bond acceptors (Lipinski definition) is 3. The van der Waals surface area contributed by atoms with Crippen molar-refractivity contribution in [1.29, 1.82) is 0 Å². The second-order valence-electron chi connectivity index (χ2n) is 5.58. The van der Waals surface area contributed by atoms with E-state index in [2.05, 4.69) is 15.9 Å². The highest BCUT2D eigenvalue weighted by atomic mass is 79.9. The Bertz CT molecular complexity index is 575. The SMILES string of the molecule is Cc1ccc(OC(C)C(=O)N2CCCC[C@@H]2C(=O)O)c(Br)c1. The molecule has 1 saturated heterocycles. The number of piperidine rings is 1. The molecule has 0 bridgehead atoms. The number of carbonyl (C=O) groups excluding carboxylic acids is 1. The Kier molecular flexibility index (Phi) is 5.45. The normalized spacial score (nSPS) is 19.6. The van der Waals surface area contributed by atoms with E-state index in [4.69, 9.17) is 4.74 Å². The summed E-state index contributed by atoms with van der Waals surface area (Å²) in [6.07, 6.45) is 1.44. The first-order chi connectivity index (χ1) is 10.4. The average molecular weight is 370 g/mol. The van der Waals surface area contributed by atoms with E-state index >= 15 is 0 Å². The van der Waals surface area contributed by atoms with Crippen LogP contribution in [0.25, 0.3) is 0 Å². The van der Waals surface area contributed by atoms with E-state index in [9.17, 15) is 14.7 Å². The van der Waals surface area contributed by atoms with Gasteiger partial charge in [0.15, 0.2) is 6.10 Å². The molecule has 1 N–H and O–H groups in total. The molecule has 1 aliphatic heterocycles. The first kappa shape index (κ1) is 16.8. The van der Waals surface area contributed by atoms with Gasteiger partial charge in [0.05, 0.1) is 4.47 Å². The molecule has 2 rings (SSSR count). The number of hydrogen-bond donors (Lipinski definition) is 1. The standard InChI is InChI=1S/C16H20BrNO4/c1-10-6-7-14(12(17)9-10)22-11(2)15(19)18-8-4-3-5-13(18)16(20)21/h6-7,9,11,13H,3-5,8H2,1-2H3,(H,20,21)/t11?,13-/m1/s1. The molecule has 1 aromatic rings. The molecule has 6 heteroatoms. The third-order valence-corrected chi connectivity index (χ3v) is 4.43. The molecule has 1 aliphatic rings. The van der Waals surface area contributed by atoms with Gasteiger partial charge in [0, 0.05) is 6.54 Å². The lowest BCUT2D eigenvalue weighted by Gasteiger charge is -2.34. The van der Waals surface area contributed by atoms with Gasteiger partial charge in [-0.05, 0) is 66.7 Å². The monoisotopic (exact) mass is 369 g/mol. The van der Waals surface area contributed by atoms with Gasteiger partial charge in [0.25, 0.3) is 5.91 Å². The van der Waals surface area contributed by atoms with Gasteiger partial charge in [-0.1, -0.05) is 6.07 Å². The van der Waals surface area contributed by atoms with Crippen LogP contribution in [0.1, 0.15) is 31.7 Å². The van der Waals surface area contributed by atoms with Crippen molar-refractivity contribution in [3.05, 3.63) is 28.2 Å². The Balaban J connectivity index is 2.09. The number of benzene rings is 1. The molecule has 0 aromatic heterocycles. The van der Waals surface area contributed by atoms with E-state index in [1.807, 2.05) is 19.1 Å². The van der Waals surface area contributed by atoms with E-state index in [-0.39, 0.29) is 5.91 Å². The zero-order valence-corrected chi connectivity index (χ0v) is 14.3. The fourth-order valence-electron chi connectivity index (χ4n) is 2.63. The van der Waals surface area contributed by atoms with Gasteiger partial charge < -0.3 is 14.7 Å². The van der Waals surface area contributed by atoms with E-state index in [1.54, 1.807) is 13.0 Å².